The Hall–Kier alpha value is -2.89. The molecule has 0 spiro atoms. The average molecular weight is 405 g/mol. The van der Waals surface area contributed by atoms with Crippen molar-refractivity contribution in [2.75, 3.05) is 40.0 Å². The number of fused-ring (bicyclic) bond motifs is 1. The first kappa shape index (κ1) is 20.4. The van der Waals surface area contributed by atoms with Crippen LogP contribution in [0.15, 0.2) is 54.6 Å². The Morgan fingerprint density at radius 2 is 1.80 bits per heavy atom. The number of para-hydroxylation sites is 1. The van der Waals surface area contributed by atoms with Gasteiger partial charge in [-0.2, -0.15) is 0 Å². The fraction of sp³-hybridized carbons (Fsp3) is 0.320. The number of ketones is 1. The van der Waals surface area contributed by atoms with Crippen molar-refractivity contribution in [2.24, 2.45) is 0 Å². The zero-order chi connectivity index (χ0) is 20.9. The van der Waals surface area contributed by atoms with E-state index in [1.54, 1.807) is 25.3 Å². The molecule has 0 saturated carbocycles. The number of benzene rings is 2. The maximum Gasteiger partial charge on any atom is 0.185 e. The summed E-state index contributed by atoms with van der Waals surface area (Å²) in [5.74, 6) is 0.733. The number of aromatic nitrogens is 1. The number of methoxy groups -OCH3 is 1. The van der Waals surface area contributed by atoms with Crippen molar-refractivity contribution in [3.8, 4) is 5.75 Å². The lowest BCUT2D eigenvalue weighted by atomic mass is 10.1. The van der Waals surface area contributed by atoms with Crippen LogP contribution < -0.4 is 4.74 Å². The van der Waals surface area contributed by atoms with Gasteiger partial charge in [-0.15, -0.1) is 0 Å². The molecule has 0 N–H and O–H groups in total. The minimum atomic E-state index is -0.0119. The summed E-state index contributed by atoms with van der Waals surface area (Å²) in [6.07, 6.45) is 3.62. The molecular formula is C25H28N2O3. The third-order valence-electron chi connectivity index (χ3n) is 5.80. The predicted octanol–water partition coefficient (Wildman–Crippen LogP) is 4.19. The molecule has 5 heteroatoms. The van der Waals surface area contributed by atoms with Crippen LogP contribution in [-0.2, 0) is 11.3 Å². The first-order valence-corrected chi connectivity index (χ1v) is 10.4. The van der Waals surface area contributed by atoms with E-state index in [-0.39, 0.29) is 5.78 Å². The van der Waals surface area contributed by atoms with E-state index >= 15 is 0 Å². The monoisotopic (exact) mass is 404 g/mol. The van der Waals surface area contributed by atoms with Crippen molar-refractivity contribution in [1.82, 2.24) is 9.47 Å². The normalized spacial score (nSPS) is 15.1. The van der Waals surface area contributed by atoms with Crippen molar-refractivity contribution >= 4 is 22.8 Å². The van der Waals surface area contributed by atoms with Gasteiger partial charge in [0.2, 0.25) is 0 Å². The summed E-state index contributed by atoms with van der Waals surface area (Å²) in [7, 11) is 1.62. The predicted molar refractivity (Wildman–Crippen MR) is 120 cm³/mol. The highest BCUT2D eigenvalue weighted by atomic mass is 16.5. The molecule has 0 atom stereocenters. The average Bonchev–Trinajstić information content (AvgIpc) is 3.07. The van der Waals surface area contributed by atoms with Crippen LogP contribution in [0.5, 0.6) is 5.75 Å². The Labute approximate surface area is 177 Å². The van der Waals surface area contributed by atoms with Gasteiger partial charge < -0.3 is 14.0 Å². The van der Waals surface area contributed by atoms with Gasteiger partial charge in [0.15, 0.2) is 5.78 Å². The number of carbonyl (C=O) groups excluding carboxylic acids is 1. The highest BCUT2D eigenvalue weighted by Crippen LogP contribution is 2.27. The fourth-order valence-corrected chi connectivity index (χ4v) is 4.03. The molecule has 0 bridgehead atoms. The van der Waals surface area contributed by atoms with Gasteiger partial charge in [-0.05, 0) is 49.4 Å². The number of carbonyl (C=O) groups is 1. The second kappa shape index (κ2) is 9.28. The molecule has 4 rings (SSSR count). The molecule has 0 aliphatic carbocycles. The van der Waals surface area contributed by atoms with E-state index < -0.39 is 0 Å². The van der Waals surface area contributed by atoms with Gasteiger partial charge in [0.25, 0.3) is 0 Å². The van der Waals surface area contributed by atoms with Gasteiger partial charge >= 0.3 is 0 Å². The largest absolute Gasteiger partial charge is 0.497 e. The minimum absolute atomic E-state index is 0.0119. The lowest BCUT2D eigenvalue weighted by molar-refractivity contribution is 0.0365. The van der Waals surface area contributed by atoms with Crippen molar-refractivity contribution in [2.45, 2.75) is 13.5 Å². The topological polar surface area (TPSA) is 43.7 Å². The molecule has 3 aromatic rings. The van der Waals surface area contributed by atoms with Crippen LogP contribution in [0.3, 0.4) is 0 Å². The van der Waals surface area contributed by atoms with Crippen LogP contribution in [0.1, 0.15) is 21.6 Å². The molecule has 0 amide bonds. The van der Waals surface area contributed by atoms with E-state index in [0.717, 1.165) is 50.7 Å². The lowest BCUT2D eigenvalue weighted by Gasteiger charge is -2.27. The van der Waals surface area contributed by atoms with E-state index in [1.807, 2.05) is 18.2 Å². The molecule has 1 aliphatic rings. The second-order valence-corrected chi connectivity index (χ2v) is 7.55. The quantitative estimate of drug-likeness (QED) is 0.438. The molecule has 0 unspecified atom stereocenters. The van der Waals surface area contributed by atoms with Crippen LogP contribution in [0, 0.1) is 6.92 Å². The first-order chi connectivity index (χ1) is 14.7. The Kier molecular flexibility index (Phi) is 6.31. The van der Waals surface area contributed by atoms with Crippen LogP contribution >= 0.6 is 0 Å². The zero-order valence-corrected chi connectivity index (χ0v) is 17.6. The van der Waals surface area contributed by atoms with Gasteiger partial charge in [-0.1, -0.05) is 18.2 Å². The highest BCUT2D eigenvalue weighted by molar-refractivity contribution is 6.08. The summed E-state index contributed by atoms with van der Waals surface area (Å²) in [5, 5.41) is 1.18. The molecule has 156 valence electrons. The Morgan fingerprint density at radius 3 is 2.53 bits per heavy atom. The summed E-state index contributed by atoms with van der Waals surface area (Å²) >= 11 is 0. The van der Waals surface area contributed by atoms with Gasteiger partial charge in [-0.3, -0.25) is 9.69 Å². The molecule has 5 nitrogen and oxygen atoms in total. The van der Waals surface area contributed by atoms with Gasteiger partial charge in [0, 0.05) is 53.9 Å². The zero-order valence-electron chi connectivity index (χ0n) is 17.6. The van der Waals surface area contributed by atoms with Gasteiger partial charge in [0.05, 0.1) is 20.3 Å². The molecule has 2 aromatic carbocycles. The third-order valence-corrected chi connectivity index (χ3v) is 5.80. The number of ether oxygens (including phenoxy) is 2. The molecule has 0 radical (unpaired) electrons. The summed E-state index contributed by atoms with van der Waals surface area (Å²) in [4.78, 5) is 15.1. The van der Waals surface area contributed by atoms with Gasteiger partial charge in [0.1, 0.15) is 5.75 Å². The Bertz CT molecular complexity index is 1040. The maximum absolute atomic E-state index is 12.7. The summed E-state index contributed by atoms with van der Waals surface area (Å²) in [6, 6.07) is 15.6. The van der Waals surface area contributed by atoms with Crippen molar-refractivity contribution in [1.29, 1.82) is 0 Å². The van der Waals surface area contributed by atoms with E-state index in [2.05, 4.69) is 40.7 Å². The molecule has 2 heterocycles. The van der Waals surface area contributed by atoms with Crippen molar-refractivity contribution in [3.63, 3.8) is 0 Å². The van der Waals surface area contributed by atoms with Crippen LogP contribution in [0.25, 0.3) is 17.0 Å². The number of allylic oxidation sites excluding steroid dienone is 1. The summed E-state index contributed by atoms with van der Waals surface area (Å²) < 4.78 is 13.0. The number of hydrogen-bond donors (Lipinski definition) is 0. The van der Waals surface area contributed by atoms with E-state index in [9.17, 15) is 4.79 Å². The number of morpholine rings is 1. The molecule has 1 aromatic heterocycles. The highest BCUT2D eigenvalue weighted by Gasteiger charge is 2.15. The smallest absolute Gasteiger partial charge is 0.185 e. The van der Waals surface area contributed by atoms with Crippen molar-refractivity contribution < 1.29 is 14.3 Å². The molecular weight excluding hydrogens is 376 g/mol. The number of nitrogens with zero attached hydrogens (tertiary/aromatic N) is 2. The van der Waals surface area contributed by atoms with E-state index in [4.69, 9.17) is 9.47 Å². The summed E-state index contributed by atoms with van der Waals surface area (Å²) in [6.45, 7) is 7.66. The first-order valence-electron chi connectivity index (χ1n) is 10.4. The molecule has 30 heavy (non-hydrogen) atoms. The second-order valence-electron chi connectivity index (χ2n) is 7.55. The molecule has 1 saturated heterocycles. The fourth-order valence-electron chi connectivity index (χ4n) is 4.03. The lowest BCUT2D eigenvalue weighted by Crippen LogP contribution is -2.38. The van der Waals surface area contributed by atoms with E-state index in [1.165, 1.54) is 16.6 Å². The van der Waals surface area contributed by atoms with Crippen LogP contribution in [0.4, 0.5) is 0 Å². The number of hydrogen-bond acceptors (Lipinski definition) is 4. The minimum Gasteiger partial charge on any atom is -0.497 e. The van der Waals surface area contributed by atoms with Crippen LogP contribution in [-0.4, -0.2) is 55.2 Å². The standard InChI is InChI=1S/C25H28N2O3/c1-19-22(11-12-25(28)20-7-9-21(29-2)10-8-20)23-5-3-4-6-24(23)27(19)14-13-26-15-17-30-18-16-26/h3-12H,13-18H2,1-2H3. The SMILES string of the molecule is COc1ccc(C(=O)C=Cc2c(C)n(CCN3CCOCC3)c3ccccc23)cc1. The number of rotatable bonds is 7. The molecule has 1 fully saturated rings. The molecule has 1 aliphatic heterocycles. The maximum atomic E-state index is 12.7. The van der Waals surface area contributed by atoms with Gasteiger partial charge in [-0.25, -0.2) is 0 Å². The Balaban J connectivity index is 1.57. The summed E-state index contributed by atoms with van der Waals surface area (Å²) in [5.41, 5.74) is 4.15. The third kappa shape index (κ3) is 4.32. The Morgan fingerprint density at radius 1 is 1.07 bits per heavy atom. The van der Waals surface area contributed by atoms with Crippen molar-refractivity contribution in [3.05, 3.63) is 71.4 Å². The van der Waals surface area contributed by atoms with Crippen LogP contribution in [0.2, 0.25) is 0 Å². The van der Waals surface area contributed by atoms with E-state index in [0.29, 0.717) is 5.56 Å².